The number of nitrogens with one attached hydrogen (secondary N) is 1. The first-order valence-corrected chi connectivity index (χ1v) is 10.5. The van der Waals surface area contributed by atoms with Crippen molar-refractivity contribution in [2.75, 3.05) is 14.1 Å². The molecule has 0 radical (unpaired) electrons. The van der Waals surface area contributed by atoms with Gasteiger partial charge < -0.3 is 9.47 Å². The van der Waals surface area contributed by atoms with Crippen molar-refractivity contribution < 1.29 is 0 Å². The molecule has 0 aliphatic carbocycles. The average molecular weight is 418 g/mol. The van der Waals surface area contributed by atoms with Gasteiger partial charge in [-0.3, -0.25) is 9.78 Å². The van der Waals surface area contributed by atoms with E-state index in [0.717, 1.165) is 36.0 Å². The van der Waals surface area contributed by atoms with Crippen LogP contribution in [0, 0.1) is 13.8 Å². The summed E-state index contributed by atoms with van der Waals surface area (Å²) in [6.45, 7) is 5.55. The van der Waals surface area contributed by atoms with Crippen LogP contribution in [0.5, 0.6) is 0 Å². The van der Waals surface area contributed by atoms with Crippen LogP contribution >= 0.6 is 0 Å². The van der Waals surface area contributed by atoms with Gasteiger partial charge in [0.15, 0.2) is 11.5 Å². The fraction of sp³-hybridized carbons (Fsp3) is 0.333. The zero-order valence-electron chi connectivity index (χ0n) is 18.4. The highest BCUT2D eigenvalue weighted by atomic mass is 16.2. The van der Waals surface area contributed by atoms with Crippen LogP contribution in [-0.2, 0) is 19.5 Å². The summed E-state index contributed by atoms with van der Waals surface area (Å²) in [5, 5.41) is 0. The fourth-order valence-electron chi connectivity index (χ4n) is 3.92. The SMILES string of the molecule is Cc1ccc(CCCn2c3nc(=O)[nH]c(=O)c-3nc3cc(C)c(CN(C)C)cc32)cc1. The number of fused-ring (bicyclic) bond motifs is 2. The van der Waals surface area contributed by atoms with E-state index in [2.05, 4.69) is 64.0 Å². The van der Waals surface area contributed by atoms with E-state index < -0.39 is 11.2 Å². The maximum atomic E-state index is 12.4. The number of rotatable bonds is 6. The molecule has 0 unspecified atom stereocenters. The van der Waals surface area contributed by atoms with E-state index in [0.29, 0.717) is 12.4 Å². The molecular formula is C24H27N5O2. The monoisotopic (exact) mass is 417 g/mol. The molecule has 0 atom stereocenters. The van der Waals surface area contributed by atoms with Crippen LogP contribution in [0.15, 0.2) is 46.0 Å². The van der Waals surface area contributed by atoms with Gasteiger partial charge in [-0.15, -0.1) is 0 Å². The normalized spacial score (nSPS) is 11.6. The minimum absolute atomic E-state index is 0.196. The number of aryl methyl sites for hydroxylation is 4. The predicted molar refractivity (Wildman–Crippen MR) is 123 cm³/mol. The van der Waals surface area contributed by atoms with Gasteiger partial charge in [0.25, 0.3) is 5.56 Å². The Hall–Kier alpha value is -3.32. The average Bonchev–Trinajstić information content (AvgIpc) is 2.70. The Morgan fingerprint density at radius 2 is 1.77 bits per heavy atom. The van der Waals surface area contributed by atoms with Crippen molar-refractivity contribution in [2.24, 2.45) is 0 Å². The molecule has 0 saturated heterocycles. The predicted octanol–water partition coefficient (Wildman–Crippen LogP) is 2.90. The second kappa shape index (κ2) is 8.43. The molecule has 0 aromatic heterocycles. The lowest BCUT2D eigenvalue weighted by molar-refractivity contribution is 0.401. The standard InChI is InChI=1S/C24H27N5O2/c1-15-7-9-17(10-8-15)6-5-11-29-20-13-18(14-28(3)4)16(2)12-19(20)25-21-22(29)26-24(31)27-23(21)30/h7-10,12-13H,5-6,11,14H2,1-4H3,(H,27,30,31). The summed E-state index contributed by atoms with van der Waals surface area (Å²) in [5.74, 6) is 0.338. The zero-order valence-corrected chi connectivity index (χ0v) is 18.4. The van der Waals surface area contributed by atoms with E-state index >= 15 is 0 Å². The summed E-state index contributed by atoms with van der Waals surface area (Å²) in [6, 6.07) is 12.6. The van der Waals surface area contributed by atoms with Crippen LogP contribution < -0.4 is 11.2 Å². The van der Waals surface area contributed by atoms with Crippen molar-refractivity contribution in [2.45, 2.75) is 39.8 Å². The Morgan fingerprint density at radius 1 is 1.03 bits per heavy atom. The number of nitrogens with zero attached hydrogens (tertiary/aromatic N) is 4. The maximum Gasteiger partial charge on any atom is 0.349 e. The number of H-pyrrole nitrogens is 1. The summed E-state index contributed by atoms with van der Waals surface area (Å²) in [5.41, 5.74) is 5.45. The first kappa shape index (κ1) is 20.9. The van der Waals surface area contributed by atoms with E-state index in [1.54, 1.807) is 0 Å². The minimum Gasteiger partial charge on any atom is -0.322 e. The summed E-state index contributed by atoms with van der Waals surface area (Å²) in [4.78, 5) is 37.4. The van der Waals surface area contributed by atoms with Crippen molar-refractivity contribution in [3.05, 3.63) is 79.5 Å². The Labute approximate surface area is 180 Å². The summed E-state index contributed by atoms with van der Waals surface area (Å²) in [7, 11) is 4.06. The van der Waals surface area contributed by atoms with Gasteiger partial charge in [0.05, 0.1) is 11.0 Å². The highest BCUT2D eigenvalue weighted by Gasteiger charge is 2.19. The smallest absolute Gasteiger partial charge is 0.322 e. The lowest BCUT2D eigenvalue weighted by atomic mass is 10.1. The molecule has 7 heteroatoms. The van der Waals surface area contributed by atoms with Gasteiger partial charge in [0, 0.05) is 13.1 Å². The van der Waals surface area contributed by atoms with Crippen LogP contribution in [0.2, 0.25) is 0 Å². The van der Waals surface area contributed by atoms with Crippen molar-refractivity contribution in [1.29, 1.82) is 0 Å². The lowest BCUT2D eigenvalue weighted by Crippen LogP contribution is -2.29. The number of aromatic nitrogens is 4. The second-order valence-electron chi connectivity index (χ2n) is 8.40. The second-order valence-corrected chi connectivity index (χ2v) is 8.40. The molecule has 2 aliphatic rings. The Kier molecular flexibility index (Phi) is 5.69. The Morgan fingerprint density at radius 3 is 2.48 bits per heavy atom. The van der Waals surface area contributed by atoms with Crippen LogP contribution in [0.25, 0.3) is 22.6 Å². The molecule has 160 valence electrons. The molecule has 7 nitrogen and oxygen atoms in total. The van der Waals surface area contributed by atoms with Gasteiger partial charge in [-0.25, -0.2) is 9.78 Å². The molecule has 0 amide bonds. The van der Waals surface area contributed by atoms with E-state index in [1.165, 1.54) is 16.7 Å². The molecule has 0 saturated carbocycles. The maximum absolute atomic E-state index is 12.4. The van der Waals surface area contributed by atoms with Gasteiger partial charge in [-0.05, 0) is 69.6 Å². The first-order chi connectivity index (χ1) is 14.8. The van der Waals surface area contributed by atoms with Crippen molar-refractivity contribution in [3.8, 4) is 11.5 Å². The quantitative estimate of drug-likeness (QED) is 0.488. The molecule has 0 bridgehead atoms. The molecule has 1 N–H and O–H groups in total. The third-order valence-electron chi connectivity index (χ3n) is 5.52. The third kappa shape index (κ3) is 4.41. The summed E-state index contributed by atoms with van der Waals surface area (Å²) in [6.07, 6.45) is 1.74. The molecular weight excluding hydrogens is 390 g/mol. The van der Waals surface area contributed by atoms with Crippen LogP contribution in [0.1, 0.15) is 28.7 Å². The van der Waals surface area contributed by atoms with E-state index in [4.69, 9.17) is 0 Å². The number of aromatic amines is 1. The van der Waals surface area contributed by atoms with E-state index in [-0.39, 0.29) is 5.69 Å². The Bertz CT molecular complexity index is 1320. The fourth-order valence-corrected chi connectivity index (χ4v) is 3.92. The Balaban J connectivity index is 1.82. The molecule has 0 fully saturated rings. The molecule has 31 heavy (non-hydrogen) atoms. The zero-order chi connectivity index (χ0) is 22.1. The number of benzene rings is 2. The van der Waals surface area contributed by atoms with Crippen molar-refractivity contribution in [3.63, 3.8) is 0 Å². The minimum atomic E-state index is -0.647. The van der Waals surface area contributed by atoms with Gasteiger partial charge >= 0.3 is 5.69 Å². The molecule has 2 heterocycles. The van der Waals surface area contributed by atoms with Crippen LogP contribution in [0.3, 0.4) is 0 Å². The lowest BCUT2D eigenvalue weighted by Gasteiger charge is -2.19. The van der Waals surface area contributed by atoms with Gasteiger partial charge in [0.1, 0.15) is 0 Å². The molecule has 4 rings (SSSR count). The van der Waals surface area contributed by atoms with Gasteiger partial charge in [-0.2, -0.15) is 4.98 Å². The first-order valence-electron chi connectivity index (χ1n) is 10.5. The number of hydrogen-bond acceptors (Lipinski definition) is 5. The summed E-state index contributed by atoms with van der Waals surface area (Å²) >= 11 is 0. The molecule has 2 aromatic carbocycles. The van der Waals surface area contributed by atoms with Crippen molar-refractivity contribution in [1.82, 2.24) is 24.4 Å². The highest BCUT2D eigenvalue weighted by molar-refractivity contribution is 5.81. The molecule has 0 spiro atoms. The van der Waals surface area contributed by atoms with E-state index in [1.807, 2.05) is 24.7 Å². The topological polar surface area (TPSA) is 83.9 Å². The van der Waals surface area contributed by atoms with Gasteiger partial charge in [0.2, 0.25) is 0 Å². The third-order valence-corrected chi connectivity index (χ3v) is 5.52. The summed E-state index contributed by atoms with van der Waals surface area (Å²) < 4.78 is 1.97. The largest absolute Gasteiger partial charge is 0.349 e. The van der Waals surface area contributed by atoms with Crippen LogP contribution in [-0.4, -0.2) is 38.5 Å². The molecule has 2 aliphatic heterocycles. The van der Waals surface area contributed by atoms with E-state index in [9.17, 15) is 9.59 Å². The van der Waals surface area contributed by atoms with Gasteiger partial charge in [-0.1, -0.05) is 29.8 Å². The van der Waals surface area contributed by atoms with Crippen LogP contribution in [0.4, 0.5) is 0 Å². The van der Waals surface area contributed by atoms with Crippen molar-refractivity contribution >= 4 is 11.0 Å². The number of hydrogen-bond donors (Lipinski definition) is 1. The highest BCUT2D eigenvalue weighted by Crippen LogP contribution is 2.25. The molecule has 2 aromatic rings.